The lowest BCUT2D eigenvalue weighted by atomic mass is 9.78. The van der Waals surface area contributed by atoms with Crippen LogP contribution in [0, 0.1) is 11.3 Å². The number of hydrogen-bond donors (Lipinski definition) is 2. The lowest BCUT2D eigenvalue weighted by molar-refractivity contribution is 0.223. The highest BCUT2D eigenvalue weighted by Crippen LogP contribution is 2.42. The summed E-state index contributed by atoms with van der Waals surface area (Å²) >= 11 is 0. The molecule has 0 bridgehead atoms. The van der Waals surface area contributed by atoms with Crippen molar-refractivity contribution in [3.63, 3.8) is 0 Å². The Bertz CT molecular complexity index is 472. The molecule has 0 saturated heterocycles. The predicted octanol–water partition coefficient (Wildman–Crippen LogP) is 4.35. The fraction of sp³-hybridized carbons (Fsp3) is 0.684. The maximum atomic E-state index is 3.75. The standard InChI is InChI=1S/C19H30N2/c1-15(2)12-19(8-3-4-9-19)14-20-13-16-5-6-17-7-10-21-18(17)11-16/h5-6,11,15,20-21H,3-4,7-10,12-14H2,1-2H3. The molecule has 0 unspecified atom stereocenters. The molecule has 2 N–H and O–H groups in total. The summed E-state index contributed by atoms with van der Waals surface area (Å²) in [5.41, 5.74) is 4.82. The maximum Gasteiger partial charge on any atom is 0.0376 e. The van der Waals surface area contributed by atoms with E-state index in [2.05, 4.69) is 42.7 Å². The highest BCUT2D eigenvalue weighted by Gasteiger charge is 2.33. The van der Waals surface area contributed by atoms with Crippen molar-refractivity contribution in [1.82, 2.24) is 5.32 Å². The van der Waals surface area contributed by atoms with Crippen LogP contribution in [0.3, 0.4) is 0 Å². The van der Waals surface area contributed by atoms with E-state index < -0.39 is 0 Å². The van der Waals surface area contributed by atoms with Crippen LogP contribution in [-0.2, 0) is 13.0 Å². The molecule has 116 valence electrons. The molecule has 2 heteroatoms. The first-order valence-electron chi connectivity index (χ1n) is 8.73. The molecule has 1 aromatic carbocycles. The van der Waals surface area contributed by atoms with E-state index in [4.69, 9.17) is 0 Å². The lowest BCUT2D eigenvalue weighted by Crippen LogP contribution is -2.33. The van der Waals surface area contributed by atoms with Gasteiger partial charge in [0.2, 0.25) is 0 Å². The monoisotopic (exact) mass is 286 g/mol. The molecular weight excluding hydrogens is 256 g/mol. The zero-order valence-corrected chi connectivity index (χ0v) is 13.7. The Morgan fingerprint density at radius 2 is 2.05 bits per heavy atom. The van der Waals surface area contributed by atoms with E-state index in [0.717, 1.165) is 19.0 Å². The topological polar surface area (TPSA) is 24.1 Å². The zero-order chi connectivity index (χ0) is 14.7. The van der Waals surface area contributed by atoms with E-state index in [1.165, 1.54) is 61.9 Å². The molecule has 1 fully saturated rings. The third kappa shape index (κ3) is 3.60. The molecule has 1 aliphatic heterocycles. The van der Waals surface area contributed by atoms with Gasteiger partial charge in [0.25, 0.3) is 0 Å². The van der Waals surface area contributed by atoms with Gasteiger partial charge in [0.1, 0.15) is 0 Å². The highest BCUT2D eigenvalue weighted by molar-refractivity contribution is 5.56. The summed E-state index contributed by atoms with van der Waals surface area (Å²) in [6.07, 6.45) is 8.26. The van der Waals surface area contributed by atoms with Crippen LogP contribution in [0.1, 0.15) is 57.1 Å². The van der Waals surface area contributed by atoms with Crippen molar-refractivity contribution < 1.29 is 0 Å². The minimum absolute atomic E-state index is 0.573. The molecule has 2 nitrogen and oxygen atoms in total. The van der Waals surface area contributed by atoms with Crippen LogP contribution < -0.4 is 10.6 Å². The Morgan fingerprint density at radius 3 is 2.81 bits per heavy atom. The van der Waals surface area contributed by atoms with E-state index in [9.17, 15) is 0 Å². The molecular formula is C19H30N2. The highest BCUT2D eigenvalue weighted by atomic mass is 14.9. The first-order chi connectivity index (χ1) is 10.2. The van der Waals surface area contributed by atoms with Gasteiger partial charge in [0, 0.05) is 25.3 Å². The second-order valence-corrected chi connectivity index (χ2v) is 7.58. The first kappa shape index (κ1) is 14.9. The van der Waals surface area contributed by atoms with Crippen molar-refractivity contribution in [3.8, 4) is 0 Å². The second-order valence-electron chi connectivity index (χ2n) is 7.58. The normalized spacial score (nSPS) is 19.8. The van der Waals surface area contributed by atoms with Crippen LogP contribution in [0.25, 0.3) is 0 Å². The predicted molar refractivity (Wildman–Crippen MR) is 90.7 cm³/mol. The summed E-state index contributed by atoms with van der Waals surface area (Å²) in [6, 6.07) is 6.92. The van der Waals surface area contributed by atoms with Gasteiger partial charge in [0.15, 0.2) is 0 Å². The average Bonchev–Trinajstić information content (AvgIpc) is 3.07. The third-order valence-corrected chi connectivity index (χ3v) is 5.22. The summed E-state index contributed by atoms with van der Waals surface area (Å²) < 4.78 is 0. The minimum atomic E-state index is 0.573. The third-order valence-electron chi connectivity index (χ3n) is 5.22. The van der Waals surface area contributed by atoms with Gasteiger partial charge in [-0.25, -0.2) is 0 Å². The summed E-state index contributed by atoms with van der Waals surface area (Å²) in [5.74, 6) is 0.814. The molecule has 1 aliphatic carbocycles. The van der Waals surface area contributed by atoms with Gasteiger partial charge in [-0.15, -0.1) is 0 Å². The largest absolute Gasteiger partial charge is 0.384 e. The van der Waals surface area contributed by atoms with E-state index >= 15 is 0 Å². The molecule has 0 atom stereocenters. The fourth-order valence-electron chi connectivity index (χ4n) is 4.36. The smallest absolute Gasteiger partial charge is 0.0376 e. The number of benzene rings is 1. The molecule has 2 aliphatic rings. The Balaban J connectivity index is 1.55. The minimum Gasteiger partial charge on any atom is -0.384 e. The van der Waals surface area contributed by atoms with Gasteiger partial charge in [-0.1, -0.05) is 38.8 Å². The molecule has 1 aromatic rings. The maximum absolute atomic E-state index is 3.75. The molecule has 0 amide bonds. The number of nitrogens with one attached hydrogen (secondary N) is 2. The zero-order valence-electron chi connectivity index (χ0n) is 13.7. The van der Waals surface area contributed by atoms with Crippen molar-refractivity contribution in [2.45, 2.75) is 58.9 Å². The quantitative estimate of drug-likeness (QED) is 0.812. The van der Waals surface area contributed by atoms with E-state index in [1.54, 1.807) is 0 Å². The van der Waals surface area contributed by atoms with E-state index in [0.29, 0.717) is 5.41 Å². The van der Waals surface area contributed by atoms with Crippen LogP contribution in [0.15, 0.2) is 18.2 Å². The van der Waals surface area contributed by atoms with Gasteiger partial charge in [0.05, 0.1) is 0 Å². The Hall–Kier alpha value is -1.02. The number of hydrogen-bond acceptors (Lipinski definition) is 2. The number of rotatable bonds is 6. The molecule has 0 aromatic heterocycles. The molecule has 0 radical (unpaired) electrons. The van der Waals surface area contributed by atoms with Crippen LogP contribution in [0.2, 0.25) is 0 Å². The number of fused-ring (bicyclic) bond motifs is 1. The van der Waals surface area contributed by atoms with Gasteiger partial charge >= 0.3 is 0 Å². The average molecular weight is 286 g/mol. The Labute approximate surface area is 129 Å². The van der Waals surface area contributed by atoms with Gasteiger partial charge < -0.3 is 10.6 Å². The fourth-order valence-corrected chi connectivity index (χ4v) is 4.36. The van der Waals surface area contributed by atoms with Crippen molar-refractivity contribution in [2.24, 2.45) is 11.3 Å². The van der Waals surface area contributed by atoms with Gasteiger partial charge in [-0.2, -0.15) is 0 Å². The molecule has 1 saturated carbocycles. The van der Waals surface area contributed by atoms with Gasteiger partial charge in [-0.3, -0.25) is 0 Å². The second kappa shape index (κ2) is 6.39. The van der Waals surface area contributed by atoms with Crippen LogP contribution in [-0.4, -0.2) is 13.1 Å². The summed E-state index contributed by atoms with van der Waals surface area (Å²) in [6.45, 7) is 8.03. The van der Waals surface area contributed by atoms with Crippen molar-refractivity contribution in [3.05, 3.63) is 29.3 Å². The van der Waals surface area contributed by atoms with Crippen LogP contribution in [0.5, 0.6) is 0 Å². The molecule has 3 rings (SSSR count). The summed E-state index contributed by atoms with van der Waals surface area (Å²) in [7, 11) is 0. The molecule has 0 spiro atoms. The van der Waals surface area contributed by atoms with Gasteiger partial charge in [-0.05, 0) is 54.2 Å². The van der Waals surface area contributed by atoms with Crippen LogP contribution in [0.4, 0.5) is 5.69 Å². The Morgan fingerprint density at radius 1 is 1.24 bits per heavy atom. The Kier molecular flexibility index (Phi) is 4.54. The van der Waals surface area contributed by atoms with Crippen molar-refractivity contribution in [1.29, 1.82) is 0 Å². The SMILES string of the molecule is CC(C)CC1(CNCc2ccc3c(c2)NCC3)CCCC1. The lowest BCUT2D eigenvalue weighted by Gasteiger charge is -2.31. The number of anilines is 1. The van der Waals surface area contributed by atoms with Crippen molar-refractivity contribution in [2.75, 3.05) is 18.4 Å². The first-order valence-corrected chi connectivity index (χ1v) is 8.73. The van der Waals surface area contributed by atoms with E-state index in [1.807, 2.05) is 0 Å². The van der Waals surface area contributed by atoms with Crippen molar-refractivity contribution >= 4 is 5.69 Å². The van der Waals surface area contributed by atoms with Crippen LogP contribution >= 0.6 is 0 Å². The molecule has 1 heterocycles. The summed E-state index contributed by atoms with van der Waals surface area (Å²) in [5, 5.41) is 7.23. The molecule has 21 heavy (non-hydrogen) atoms. The van der Waals surface area contributed by atoms with E-state index in [-0.39, 0.29) is 0 Å². The summed E-state index contributed by atoms with van der Waals surface area (Å²) in [4.78, 5) is 0.